The summed E-state index contributed by atoms with van der Waals surface area (Å²) in [6.07, 6.45) is 6.90. The van der Waals surface area contributed by atoms with Gasteiger partial charge in [-0.15, -0.1) is 0 Å². The lowest BCUT2D eigenvalue weighted by Crippen LogP contribution is -2.28. The number of rotatable bonds is 8. The minimum atomic E-state index is -1.23. The number of fused-ring (bicyclic) bond motifs is 7. The first-order valence-corrected chi connectivity index (χ1v) is 16.7. The highest BCUT2D eigenvalue weighted by Crippen LogP contribution is 2.53. The molecule has 1 unspecified atom stereocenters. The largest absolute Gasteiger partial charge is 0.466 e. The zero-order valence-corrected chi connectivity index (χ0v) is 28.3. The Morgan fingerprint density at radius 1 is 0.913 bits per heavy atom. The Bertz CT molecular complexity index is 1870. The van der Waals surface area contributed by atoms with Crippen LogP contribution in [0, 0.1) is 38.5 Å². The summed E-state index contributed by atoms with van der Waals surface area (Å²) in [5.74, 6) is -1.02. The van der Waals surface area contributed by atoms with Gasteiger partial charge in [0.2, 0.25) is 0 Å². The van der Waals surface area contributed by atoms with Gasteiger partial charge >= 0.3 is 5.97 Å². The van der Waals surface area contributed by atoms with E-state index >= 15 is 0 Å². The highest BCUT2D eigenvalue weighted by atomic mass is 16.6. The Labute approximate surface area is 270 Å². The number of hydrogen-bond donors (Lipinski definition) is 6. The van der Waals surface area contributed by atoms with Crippen LogP contribution in [0.1, 0.15) is 103 Å². The molecule has 1 aliphatic carbocycles. The van der Waals surface area contributed by atoms with Gasteiger partial charge in [0.25, 0.3) is 0 Å². The summed E-state index contributed by atoms with van der Waals surface area (Å²) in [5.41, 5.74) is 13.1. The van der Waals surface area contributed by atoms with Gasteiger partial charge in [-0.3, -0.25) is 4.79 Å². The van der Waals surface area contributed by atoms with Crippen LogP contribution in [-0.4, -0.2) is 51.1 Å². The molecule has 6 N–H and O–H groups in total. The molecule has 2 aliphatic heterocycles. The fourth-order valence-electron chi connectivity index (χ4n) is 8.03. The Hall–Kier alpha value is -3.79. The van der Waals surface area contributed by atoms with Crippen LogP contribution in [0.4, 0.5) is 0 Å². The van der Waals surface area contributed by atoms with Gasteiger partial charge in [0.1, 0.15) is 0 Å². The topological polar surface area (TPSA) is 135 Å². The minimum absolute atomic E-state index is 0.0244. The van der Waals surface area contributed by atoms with Crippen molar-refractivity contribution in [2.45, 2.75) is 86.5 Å². The van der Waals surface area contributed by atoms with Crippen molar-refractivity contribution in [2.24, 2.45) is 17.8 Å². The number of allylic oxidation sites excluding steroid dienone is 2. The second-order valence-electron chi connectivity index (χ2n) is 12.9. The van der Waals surface area contributed by atoms with Crippen molar-refractivity contribution in [3.05, 3.63) is 78.2 Å². The molecule has 6 rings (SSSR count). The highest BCUT2D eigenvalue weighted by molar-refractivity contribution is 5.81. The van der Waals surface area contributed by atoms with Gasteiger partial charge in [0.05, 0.1) is 24.3 Å². The van der Waals surface area contributed by atoms with E-state index in [2.05, 4.69) is 73.1 Å². The quantitative estimate of drug-likeness (QED) is 0.163. The van der Waals surface area contributed by atoms with Gasteiger partial charge in [0.15, 0.2) is 6.29 Å². The number of aliphatic hydroxyl groups excluding tert-OH is 2. The number of carbonyl (C=O) groups excluding carboxylic acids is 1. The standard InChI is InChI=1S/C37H48N4O5/c1-9-21-17(4)24-14-26-19(6)23(12-13-30(42)46-11-3)34(40-26)32-33(37(44)45-8)36(43)31-20(7)27(41-35(31)32)16-29-22(10-2)18(5)25(39-29)15-28(21)38-24/h14-16,19,23,33,36-41,43-44H,9-13H2,1-8H3/b25-15-,26-14-,29-16-,34-32-/t19-,23-,33+,36+,37?/m0/s1. The normalized spacial score (nSPS) is 26.5. The number of carbonyl (C=O) groups is 1. The second kappa shape index (κ2) is 12.4. The summed E-state index contributed by atoms with van der Waals surface area (Å²) in [4.78, 5) is 23.7. The number of ether oxygens (including phenoxy) is 2. The molecule has 5 heterocycles. The molecular weight excluding hydrogens is 580 g/mol. The average molecular weight is 629 g/mol. The van der Waals surface area contributed by atoms with Gasteiger partial charge in [-0.1, -0.05) is 20.8 Å². The smallest absolute Gasteiger partial charge is 0.305 e. The Morgan fingerprint density at radius 2 is 1.61 bits per heavy atom. The first-order valence-electron chi connectivity index (χ1n) is 16.7. The number of esters is 1. The Kier molecular flexibility index (Phi) is 8.69. The Morgan fingerprint density at radius 3 is 2.28 bits per heavy atom. The van der Waals surface area contributed by atoms with Crippen molar-refractivity contribution < 1.29 is 24.5 Å². The van der Waals surface area contributed by atoms with E-state index in [0.717, 1.165) is 74.4 Å². The summed E-state index contributed by atoms with van der Waals surface area (Å²) in [6.45, 7) is 15.0. The van der Waals surface area contributed by atoms with Gasteiger partial charge in [-0.05, 0) is 93.0 Å². The Balaban J connectivity index is 1.68. The van der Waals surface area contributed by atoms with Crippen molar-refractivity contribution in [3.8, 4) is 0 Å². The van der Waals surface area contributed by atoms with E-state index in [9.17, 15) is 15.0 Å². The number of H-pyrrole nitrogens is 3. The van der Waals surface area contributed by atoms with Crippen LogP contribution in [-0.2, 0) is 27.1 Å². The lowest BCUT2D eigenvalue weighted by atomic mass is 9.84. The van der Waals surface area contributed by atoms with E-state index in [1.54, 1.807) is 0 Å². The second-order valence-corrected chi connectivity index (χ2v) is 12.9. The number of hydrogen-bond acceptors (Lipinski definition) is 6. The van der Waals surface area contributed by atoms with Crippen molar-refractivity contribution >= 4 is 29.8 Å². The van der Waals surface area contributed by atoms with Gasteiger partial charge in [-0.2, -0.15) is 0 Å². The van der Waals surface area contributed by atoms with Crippen LogP contribution in [0.25, 0.3) is 23.8 Å². The van der Waals surface area contributed by atoms with Crippen LogP contribution in [0.5, 0.6) is 0 Å². The zero-order valence-electron chi connectivity index (χ0n) is 28.3. The predicted octanol–water partition coefficient (Wildman–Crippen LogP) is 4.27. The summed E-state index contributed by atoms with van der Waals surface area (Å²) in [7, 11) is 1.45. The van der Waals surface area contributed by atoms with E-state index in [-0.39, 0.29) is 24.2 Å². The minimum Gasteiger partial charge on any atom is -0.466 e. The molecule has 5 atom stereocenters. The molecule has 8 bridgehead atoms. The summed E-state index contributed by atoms with van der Waals surface area (Å²) >= 11 is 0. The SMILES string of the molecule is CCOC(=O)CC[C@@H]1/C2=C3/c4[nH]c(c(C)c4[C@@H](O)[C@@H]3C(O)OC)/C=c3\[nH]/c(c(C)c3CC)=C\c3[nH]c(c(C)c3CC)/C=C(\N2)[C@H]1C. The van der Waals surface area contributed by atoms with Crippen molar-refractivity contribution in [1.82, 2.24) is 20.3 Å². The van der Waals surface area contributed by atoms with E-state index in [1.807, 2.05) is 13.8 Å². The number of aliphatic hydroxyl groups is 2. The fourth-order valence-corrected chi connectivity index (χ4v) is 8.03. The van der Waals surface area contributed by atoms with Crippen LogP contribution < -0.4 is 16.0 Å². The van der Waals surface area contributed by atoms with Gasteiger partial charge in [0, 0.05) is 75.7 Å². The number of aromatic amines is 3. The van der Waals surface area contributed by atoms with E-state index in [4.69, 9.17) is 9.47 Å². The van der Waals surface area contributed by atoms with Gasteiger partial charge < -0.3 is 40.0 Å². The molecule has 0 radical (unpaired) electrons. The molecule has 3 aliphatic rings. The van der Waals surface area contributed by atoms with Gasteiger partial charge in [-0.25, -0.2) is 0 Å². The predicted molar refractivity (Wildman–Crippen MR) is 180 cm³/mol. The molecule has 0 saturated carbocycles. The zero-order chi connectivity index (χ0) is 33.0. The number of nitrogens with one attached hydrogen (secondary N) is 4. The first-order chi connectivity index (χ1) is 22.0. The summed E-state index contributed by atoms with van der Waals surface area (Å²) < 4.78 is 10.8. The lowest BCUT2D eigenvalue weighted by Gasteiger charge is -2.26. The maximum Gasteiger partial charge on any atom is 0.305 e. The molecule has 3 aromatic rings. The highest BCUT2D eigenvalue weighted by Gasteiger charge is 2.47. The molecule has 46 heavy (non-hydrogen) atoms. The van der Waals surface area contributed by atoms with Crippen LogP contribution >= 0.6 is 0 Å². The van der Waals surface area contributed by atoms with Crippen LogP contribution in [0.15, 0.2) is 11.4 Å². The third-order valence-corrected chi connectivity index (χ3v) is 10.6. The lowest BCUT2D eigenvalue weighted by molar-refractivity contribution is -0.143. The van der Waals surface area contributed by atoms with Crippen molar-refractivity contribution in [2.75, 3.05) is 13.7 Å². The van der Waals surface area contributed by atoms with Crippen LogP contribution in [0.3, 0.4) is 0 Å². The van der Waals surface area contributed by atoms with E-state index < -0.39 is 18.3 Å². The fraction of sp³-hybridized carbons (Fsp3) is 0.486. The average Bonchev–Trinajstić information content (AvgIpc) is 3.77. The summed E-state index contributed by atoms with van der Waals surface area (Å²) in [5, 5.41) is 28.9. The molecular formula is C37H48N4O5. The van der Waals surface area contributed by atoms with Crippen molar-refractivity contribution in [3.63, 3.8) is 0 Å². The maximum absolute atomic E-state index is 12.6. The third kappa shape index (κ3) is 5.09. The number of methoxy groups -OCH3 is 1. The first kappa shape index (κ1) is 32.2. The molecule has 9 heteroatoms. The monoisotopic (exact) mass is 628 g/mol. The van der Waals surface area contributed by atoms with Crippen LogP contribution in [0.2, 0.25) is 0 Å². The maximum atomic E-state index is 12.6. The molecule has 3 aromatic heterocycles. The third-order valence-electron chi connectivity index (χ3n) is 10.6. The molecule has 1 fully saturated rings. The molecule has 246 valence electrons. The molecule has 0 aromatic carbocycles. The van der Waals surface area contributed by atoms with Crippen molar-refractivity contribution in [1.29, 1.82) is 0 Å². The molecule has 0 spiro atoms. The molecule has 0 amide bonds. The van der Waals surface area contributed by atoms with E-state index in [0.29, 0.717) is 13.0 Å². The number of aromatic nitrogens is 3. The summed E-state index contributed by atoms with van der Waals surface area (Å²) in [6, 6.07) is 0. The van der Waals surface area contributed by atoms with E-state index in [1.165, 1.54) is 29.4 Å². The molecule has 1 saturated heterocycles. The molecule has 9 nitrogen and oxygen atoms in total.